The second kappa shape index (κ2) is 4.71. The maximum Gasteiger partial charge on any atom is 0.222 e. The van der Waals surface area contributed by atoms with Crippen molar-refractivity contribution in [1.82, 2.24) is 4.98 Å². The zero-order chi connectivity index (χ0) is 12.4. The monoisotopic (exact) mass is 235 g/mol. The highest BCUT2D eigenvalue weighted by Gasteiger charge is 2.28. The van der Waals surface area contributed by atoms with Crippen LogP contribution in [0, 0.1) is 5.92 Å². The van der Waals surface area contributed by atoms with E-state index in [2.05, 4.69) is 4.98 Å². The van der Waals surface area contributed by atoms with Gasteiger partial charge in [-0.1, -0.05) is 6.07 Å². The number of primary amides is 1. The molecule has 5 nitrogen and oxygen atoms in total. The fraction of sp³-hybridized carbons (Fsp3) is 0.500. The summed E-state index contributed by atoms with van der Waals surface area (Å²) in [7, 11) is 0. The van der Waals surface area contributed by atoms with Gasteiger partial charge in [0.25, 0.3) is 0 Å². The minimum Gasteiger partial charge on any atom is -0.389 e. The maximum absolute atomic E-state index is 11.1. The number of carbonyl (C=O) groups excluding carboxylic acids is 1. The van der Waals surface area contributed by atoms with Crippen LogP contribution in [-0.4, -0.2) is 29.1 Å². The van der Waals surface area contributed by atoms with Crippen molar-refractivity contribution in [2.45, 2.75) is 19.4 Å². The van der Waals surface area contributed by atoms with E-state index in [9.17, 15) is 9.90 Å². The minimum atomic E-state index is -0.564. The zero-order valence-corrected chi connectivity index (χ0v) is 9.84. The van der Waals surface area contributed by atoms with E-state index in [1.165, 1.54) is 0 Å². The van der Waals surface area contributed by atoms with Gasteiger partial charge in [-0.2, -0.15) is 0 Å². The molecule has 0 aromatic carbocycles. The summed E-state index contributed by atoms with van der Waals surface area (Å²) in [5, 5.41) is 9.68. The lowest BCUT2D eigenvalue weighted by molar-refractivity contribution is -0.121. The van der Waals surface area contributed by atoms with Crippen LogP contribution in [-0.2, 0) is 4.79 Å². The van der Waals surface area contributed by atoms with Crippen molar-refractivity contribution >= 4 is 11.7 Å². The molecule has 0 spiro atoms. The normalized spacial score (nSPS) is 21.5. The summed E-state index contributed by atoms with van der Waals surface area (Å²) >= 11 is 0. The molecule has 0 saturated carbocycles. The summed E-state index contributed by atoms with van der Waals surface area (Å²) in [6.07, 6.45) is 1.88. The van der Waals surface area contributed by atoms with Crippen LogP contribution in [0.1, 0.15) is 25.0 Å². The van der Waals surface area contributed by atoms with Gasteiger partial charge >= 0.3 is 0 Å². The second-order valence-corrected chi connectivity index (χ2v) is 4.43. The van der Waals surface area contributed by atoms with E-state index in [1.54, 1.807) is 19.2 Å². The Morgan fingerprint density at radius 3 is 3.06 bits per heavy atom. The van der Waals surface area contributed by atoms with E-state index in [0.717, 1.165) is 24.3 Å². The molecule has 2 unspecified atom stereocenters. The Hall–Kier alpha value is -1.62. The lowest BCUT2D eigenvalue weighted by Crippen LogP contribution is -2.28. The van der Waals surface area contributed by atoms with Crippen LogP contribution in [0.15, 0.2) is 18.3 Å². The molecule has 1 amide bonds. The maximum atomic E-state index is 11.1. The number of hydrogen-bond acceptors (Lipinski definition) is 4. The van der Waals surface area contributed by atoms with E-state index < -0.39 is 6.10 Å². The fourth-order valence-corrected chi connectivity index (χ4v) is 2.18. The molecule has 1 saturated heterocycles. The molecule has 1 aliphatic rings. The third-order valence-electron chi connectivity index (χ3n) is 3.16. The number of aromatic nitrogens is 1. The molecule has 0 aliphatic carbocycles. The average Bonchev–Trinajstić information content (AvgIpc) is 2.78. The highest BCUT2D eigenvalue weighted by Crippen LogP contribution is 2.28. The van der Waals surface area contributed by atoms with Gasteiger partial charge in [0.1, 0.15) is 5.82 Å². The summed E-state index contributed by atoms with van der Waals surface area (Å²) in [5.41, 5.74) is 6.09. The van der Waals surface area contributed by atoms with E-state index in [1.807, 2.05) is 11.0 Å². The number of nitrogens with two attached hydrogens (primary N) is 1. The quantitative estimate of drug-likeness (QED) is 0.797. The first-order chi connectivity index (χ1) is 8.09. The van der Waals surface area contributed by atoms with Crippen LogP contribution in [0.25, 0.3) is 0 Å². The fourth-order valence-electron chi connectivity index (χ4n) is 2.18. The van der Waals surface area contributed by atoms with Gasteiger partial charge in [-0.05, 0) is 19.4 Å². The lowest BCUT2D eigenvalue weighted by Gasteiger charge is -2.21. The number of rotatable bonds is 3. The molecule has 0 bridgehead atoms. The summed E-state index contributed by atoms with van der Waals surface area (Å²) in [6.45, 7) is 3.05. The van der Waals surface area contributed by atoms with Crippen LogP contribution >= 0.6 is 0 Å². The van der Waals surface area contributed by atoms with Crippen molar-refractivity contribution in [3.63, 3.8) is 0 Å². The van der Waals surface area contributed by atoms with Gasteiger partial charge in [0.2, 0.25) is 5.91 Å². The van der Waals surface area contributed by atoms with Crippen LogP contribution in [0.2, 0.25) is 0 Å². The molecule has 2 rings (SSSR count). The predicted octanol–water partition coefficient (Wildman–Crippen LogP) is 0.447. The summed E-state index contributed by atoms with van der Waals surface area (Å²) in [6, 6.07) is 3.65. The Morgan fingerprint density at radius 1 is 1.71 bits per heavy atom. The van der Waals surface area contributed by atoms with Crippen molar-refractivity contribution in [1.29, 1.82) is 0 Å². The van der Waals surface area contributed by atoms with Gasteiger partial charge in [0.05, 0.1) is 12.0 Å². The Kier molecular flexibility index (Phi) is 3.28. The first-order valence-corrected chi connectivity index (χ1v) is 5.77. The molecule has 1 aromatic rings. The Bertz CT molecular complexity index is 420. The molecule has 92 valence electrons. The summed E-state index contributed by atoms with van der Waals surface area (Å²) < 4.78 is 0. The largest absolute Gasteiger partial charge is 0.389 e. The lowest BCUT2D eigenvalue weighted by atomic mass is 10.1. The summed E-state index contributed by atoms with van der Waals surface area (Å²) in [4.78, 5) is 17.4. The predicted molar refractivity (Wildman–Crippen MR) is 64.4 cm³/mol. The molecule has 2 atom stereocenters. The van der Waals surface area contributed by atoms with Crippen molar-refractivity contribution in [2.75, 3.05) is 18.0 Å². The first kappa shape index (κ1) is 11.9. The molecule has 2 heterocycles. The zero-order valence-electron chi connectivity index (χ0n) is 9.84. The van der Waals surface area contributed by atoms with E-state index in [4.69, 9.17) is 5.73 Å². The molecular weight excluding hydrogens is 218 g/mol. The van der Waals surface area contributed by atoms with Gasteiger partial charge in [-0.15, -0.1) is 0 Å². The third-order valence-corrected chi connectivity index (χ3v) is 3.16. The number of hydrogen-bond donors (Lipinski definition) is 2. The van der Waals surface area contributed by atoms with E-state index in [-0.39, 0.29) is 11.8 Å². The van der Waals surface area contributed by atoms with E-state index in [0.29, 0.717) is 6.54 Å². The number of anilines is 1. The van der Waals surface area contributed by atoms with Gasteiger partial charge < -0.3 is 15.7 Å². The molecular formula is C12H17N3O2. The Labute approximate surface area is 100 Å². The molecule has 3 N–H and O–H groups in total. The number of amides is 1. The average molecular weight is 235 g/mol. The molecule has 0 radical (unpaired) electrons. The van der Waals surface area contributed by atoms with E-state index >= 15 is 0 Å². The smallest absolute Gasteiger partial charge is 0.222 e. The Morgan fingerprint density at radius 2 is 2.47 bits per heavy atom. The van der Waals surface area contributed by atoms with Crippen molar-refractivity contribution < 1.29 is 9.90 Å². The molecule has 1 fully saturated rings. The van der Waals surface area contributed by atoms with Gasteiger partial charge in [-0.25, -0.2) is 4.98 Å². The number of pyridine rings is 1. The van der Waals surface area contributed by atoms with Crippen LogP contribution in [0.3, 0.4) is 0 Å². The topological polar surface area (TPSA) is 79.5 Å². The molecule has 1 aromatic heterocycles. The third kappa shape index (κ3) is 2.39. The number of nitrogens with zero attached hydrogens (tertiary/aromatic N) is 2. The minimum absolute atomic E-state index is 0.112. The number of aliphatic hydroxyl groups excluding tert-OH is 1. The van der Waals surface area contributed by atoms with Crippen molar-refractivity contribution in [2.24, 2.45) is 11.7 Å². The van der Waals surface area contributed by atoms with Gasteiger partial charge in [-0.3, -0.25) is 4.79 Å². The molecule has 1 aliphatic heterocycles. The molecule has 5 heteroatoms. The number of aliphatic hydroxyl groups is 1. The standard InChI is InChI=1S/C12H17N3O2/c1-8(16)10-3-2-5-14-12(10)15-6-4-9(7-15)11(13)17/h2-3,5,8-9,16H,4,6-7H2,1H3,(H2,13,17). The Balaban J connectivity index is 2.21. The first-order valence-electron chi connectivity index (χ1n) is 5.77. The van der Waals surface area contributed by atoms with Crippen molar-refractivity contribution in [3.8, 4) is 0 Å². The highest BCUT2D eigenvalue weighted by atomic mass is 16.3. The van der Waals surface area contributed by atoms with Crippen molar-refractivity contribution in [3.05, 3.63) is 23.9 Å². The number of carbonyl (C=O) groups is 1. The highest BCUT2D eigenvalue weighted by molar-refractivity contribution is 5.78. The van der Waals surface area contributed by atoms with Gasteiger partial charge in [0, 0.05) is 24.8 Å². The van der Waals surface area contributed by atoms with Crippen LogP contribution in [0.5, 0.6) is 0 Å². The summed E-state index contributed by atoms with van der Waals surface area (Å²) in [5.74, 6) is 0.382. The van der Waals surface area contributed by atoms with Crippen LogP contribution in [0.4, 0.5) is 5.82 Å². The van der Waals surface area contributed by atoms with Crippen LogP contribution < -0.4 is 10.6 Å². The second-order valence-electron chi connectivity index (χ2n) is 4.43. The molecule has 17 heavy (non-hydrogen) atoms. The SMILES string of the molecule is CC(O)c1cccnc1N1CCC(C(N)=O)C1. The van der Waals surface area contributed by atoms with Gasteiger partial charge in [0.15, 0.2) is 0 Å².